The minimum absolute atomic E-state index is 0.150. The number of hydrogen-bond acceptors (Lipinski definition) is 5. The van der Waals surface area contributed by atoms with Gasteiger partial charge in [-0.2, -0.15) is 13.2 Å². The van der Waals surface area contributed by atoms with Crippen LogP contribution in [0.1, 0.15) is 58.9 Å². The lowest BCUT2D eigenvalue weighted by atomic mass is 9.93. The molecule has 4 amide bonds. The zero-order valence-corrected chi connectivity index (χ0v) is 21.2. The van der Waals surface area contributed by atoms with Crippen LogP contribution in [0.3, 0.4) is 0 Å². The number of hydrogen-bond donors (Lipinski definition) is 4. The lowest BCUT2D eigenvalue weighted by Crippen LogP contribution is -2.49. The van der Waals surface area contributed by atoms with Gasteiger partial charge in [-0.1, -0.05) is 6.07 Å². The maximum absolute atomic E-state index is 14.1. The fourth-order valence-electron chi connectivity index (χ4n) is 4.40. The number of amides is 4. The molecule has 1 aliphatic carbocycles. The Labute approximate surface area is 226 Å². The topological polar surface area (TPSA) is 133 Å². The lowest BCUT2D eigenvalue weighted by molar-refractivity contribution is -0.139. The van der Waals surface area contributed by atoms with E-state index in [4.69, 9.17) is 0 Å². The van der Waals surface area contributed by atoms with E-state index in [0.29, 0.717) is 25.3 Å². The maximum Gasteiger partial charge on any atom is 0.416 e. The summed E-state index contributed by atoms with van der Waals surface area (Å²) in [6.07, 6.45) is -3.12. The monoisotopic (exact) mass is 562 g/mol. The van der Waals surface area contributed by atoms with Crippen LogP contribution >= 0.6 is 0 Å². The summed E-state index contributed by atoms with van der Waals surface area (Å²) in [5.41, 5.74) is -2.11. The molecule has 2 aliphatic rings. The summed E-state index contributed by atoms with van der Waals surface area (Å²) in [4.78, 5) is 63.7. The van der Waals surface area contributed by atoms with Gasteiger partial charge in [0.25, 0.3) is 17.7 Å². The molecule has 0 spiro atoms. The number of ketones is 1. The maximum atomic E-state index is 14.1. The van der Waals surface area contributed by atoms with Gasteiger partial charge in [0.2, 0.25) is 11.7 Å². The third-order valence-electron chi connectivity index (χ3n) is 6.60. The average Bonchev–Trinajstić information content (AvgIpc) is 3.65. The number of alkyl halides is 3. The van der Waals surface area contributed by atoms with E-state index in [9.17, 15) is 41.5 Å². The quantitative estimate of drug-likeness (QED) is 0.276. The molecule has 2 fully saturated rings. The number of carbonyl (C=O) groups excluding carboxylic acids is 5. The van der Waals surface area contributed by atoms with Crippen molar-refractivity contribution in [3.8, 4) is 0 Å². The van der Waals surface area contributed by atoms with Gasteiger partial charge in [0.1, 0.15) is 5.82 Å². The first kappa shape index (κ1) is 28.7. The Balaban J connectivity index is 1.56. The molecule has 1 heterocycles. The van der Waals surface area contributed by atoms with Crippen molar-refractivity contribution >= 4 is 35.1 Å². The normalized spacial score (nSPS) is 19.4. The Morgan fingerprint density at radius 1 is 1.05 bits per heavy atom. The van der Waals surface area contributed by atoms with Crippen LogP contribution in [0.5, 0.6) is 0 Å². The molecule has 2 aromatic carbocycles. The number of anilines is 1. The van der Waals surface area contributed by atoms with Gasteiger partial charge in [0.15, 0.2) is 0 Å². The predicted octanol–water partition coefficient (Wildman–Crippen LogP) is 2.96. The predicted molar refractivity (Wildman–Crippen MR) is 134 cm³/mol. The van der Waals surface area contributed by atoms with E-state index in [-0.39, 0.29) is 35.7 Å². The van der Waals surface area contributed by atoms with Crippen LogP contribution in [0.15, 0.2) is 42.5 Å². The van der Waals surface area contributed by atoms with Crippen LogP contribution < -0.4 is 21.3 Å². The highest BCUT2D eigenvalue weighted by Gasteiger charge is 2.38. The minimum atomic E-state index is -4.70. The van der Waals surface area contributed by atoms with Crippen molar-refractivity contribution in [3.63, 3.8) is 0 Å². The molecule has 1 saturated heterocycles. The first-order valence-corrected chi connectivity index (χ1v) is 12.6. The van der Waals surface area contributed by atoms with Crippen molar-refractivity contribution in [2.75, 3.05) is 5.32 Å². The molecule has 4 N–H and O–H groups in total. The van der Waals surface area contributed by atoms with Crippen molar-refractivity contribution in [1.29, 1.82) is 0 Å². The molecule has 1 saturated carbocycles. The molecule has 0 unspecified atom stereocenters. The highest BCUT2D eigenvalue weighted by Crippen LogP contribution is 2.30. The van der Waals surface area contributed by atoms with E-state index < -0.39 is 58.6 Å². The van der Waals surface area contributed by atoms with Gasteiger partial charge < -0.3 is 21.3 Å². The summed E-state index contributed by atoms with van der Waals surface area (Å²) in [6, 6.07) is 4.55. The van der Waals surface area contributed by atoms with Crippen molar-refractivity contribution in [1.82, 2.24) is 16.0 Å². The van der Waals surface area contributed by atoms with Gasteiger partial charge in [0.05, 0.1) is 22.9 Å². The molecule has 9 nitrogen and oxygen atoms in total. The number of benzene rings is 2. The lowest BCUT2D eigenvalue weighted by Gasteiger charge is -2.21. The zero-order chi connectivity index (χ0) is 29.2. The molecule has 4 rings (SSSR count). The second kappa shape index (κ2) is 11.4. The van der Waals surface area contributed by atoms with E-state index >= 15 is 0 Å². The Morgan fingerprint density at radius 2 is 1.77 bits per heavy atom. The summed E-state index contributed by atoms with van der Waals surface area (Å²) in [5.74, 6) is -5.86. The van der Waals surface area contributed by atoms with Gasteiger partial charge in [-0.15, -0.1) is 0 Å². The number of carbonyl (C=O) groups is 5. The number of halogens is 4. The average molecular weight is 563 g/mol. The SMILES string of the molecule is C[C@@H]1C[C@@H](C[C@H](NC(=O)c2cc(F)ccc2NC(=O)c2cccc(C(F)(F)F)c2)C(=O)C(=O)NC2CC2)C(=O)N1. The summed E-state index contributed by atoms with van der Waals surface area (Å²) in [6.45, 7) is 1.76. The highest BCUT2D eigenvalue weighted by atomic mass is 19.4. The molecule has 0 radical (unpaired) electrons. The molecule has 40 heavy (non-hydrogen) atoms. The Bertz CT molecular complexity index is 1360. The van der Waals surface area contributed by atoms with Crippen LogP contribution in [0.25, 0.3) is 0 Å². The summed E-state index contributed by atoms with van der Waals surface area (Å²) >= 11 is 0. The molecule has 1 aliphatic heterocycles. The van der Waals surface area contributed by atoms with E-state index in [1.54, 1.807) is 6.92 Å². The largest absolute Gasteiger partial charge is 0.416 e. The molecule has 0 aromatic heterocycles. The fourth-order valence-corrected chi connectivity index (χ4v) is 4.40. The second-order valence-electron chi connectivity index (χ2n) is 9.94. The van der Waals surface area contributed by atoms with Crippen molar-refractivity contribution < 1.29 is 41.5 Å². The van der Waals surface area contributed by atoms with Gasteiger partial charge in [0, 0.05) is 23.6 Å². The first-order chi connectivity index (χ1) is 18.8. The van der Waals surface area contributed by atoms with Crippen LogP contribution in [0.4, 0.5) is 23.2 Å². The van der Waals surface area contributed by atoms with E-state index in [0.717, 1.165) is 36.4 Å². The van der Waals surface area contributed by atoms with Crippen molar-refractivity contribution in [2.24, 2.45) is 5.92 Å². The zero-order valence-electron chi connectivity index (χ0n) is 21.2. The van der Waals surface area contributed by atoms with Gasteiger partial charge >= 0.3 is 6.18 Å². The third kappa shape index (κ3) is 7.01. The molecule has 212 valence electrons. The van der Waals surface area contributed by atoms with Gasteiger partial charge in [-0.25, -0.2) is 4.39 Å². The number of nitrogens with one attached hydrogen (secondary N) is 4. The van der Waals surface area contributed by atoms with Crippen LogP contribution in [0, 0.1) is 11.7 Å². The van der Waals surface area contributed by atoms with Crippen LogP contribution in [-0.4, -0.2) is 47.5 Å². The molecular formula is C27H26F4N4O5. The molecule has 3 atom stereocenters. The number of Topliss-reactive ketones (excluding diaryl/α,β-unsaturated/α-hetero) is 1. The fraction of sp³-hybridized carbons (Fsp3) is 0.370. The molecule has 13 heteroatoms. The summed E-state index contributed by atoms with van der Waals surface area (Å²) < 4.78 is 53.4. The Hall–Kier alpha value is -4.29. The van der Waals surface area contributed by atoms with Crippen molar-refractivity contribution in [3.05, 3.63) is 65.0 Å². The summed E-state index contributed by atoms with van der Waals surface area (Å²) in [7, 11) is 0. The molecular weight excluding hydrogens is 536 g/mol. The van der Waals surface area contributed by atoms with E-state index in [1.165, 1.54) is 0 Å². The standard InChI is InChI=1S/C27H26F4N4O5/c1-13-9-15(24(38)32-13)11-21(22(36)26(40)33-18-6-7-18)35-25(39)19-12-17(28)5-8-20(19)34-23(37)14-3-2-4-16(10-14)27(29,30)31/h2-5,8,10,12-13,15,18,21H,6-7,9,11H2,1H3,(H,32,38)(H,33,40)(H,34,37)(H,35,39)/t13-,15+,21+/m1/s1. The Morgan fingerprint density at radius 3 is 2.40 bits per heavy atom. The first-order valence-electron chi connectivity index (χ1n) is 12.6. The van der Waals surface area contributed by atoms with E-state index in [2.05, 4.69) is 21.3 Å². The van der Waals surface area contributed by atoms with Gasteiger partial charge in [-0.3, -0.25) is 24.0 Å². The Kier molecular flexibility index (Phi) is 8.21. The number of rotatable bonds is 9. The third-order valence-corrected chi connectivity index (χ3v) is 6.60. The van der Waals surface area contributed by atoms with Crippen molar-refractivity contribution in [2.45, 2.75) is 56.9 Å². The summed E-state index contributed by atoms with van der Waals surface area (Å²) in [5, 5.41) is 9.92. The molecule has 0 bridgehead atoms. The molecule has 2 aromatic rings. The van der Waals surface area contributed by atoms with E-state index in [1.807, 2.05) is 0 Å². The second-order valence-corrected chi connectivity index (χ2v) is 9.94. The van der Waals surface area contributed by atoms with Crippen LogP contribution in [-0.2, 0) is 20.6 Å². The van der Waals surface area contributed by atoms with Crippen LogP contribution in [0.2, 0.25) is 0 Å². The highest BCUT2D eigenvalue weighted by molar-refractivity contribution is 6.38. The minimum Gasteiger partial charge on any atom is -0.353 e. The van der Waals surface area contributed by atoms with Gasteiger partial charge in [-0.05, 0) is 69.0 Å². The smallest absolute Gasteiger partial charge is 0.353 e.